The number of imidazole rings is 1. The van der Waals surface area contributed by atoms with E-state index in [1.165, 1.54) is 4.31 Å². The molecule has 9 heteroatoms. The number of anilines is 2. The molecule has 0 bridgehead atoms. The van der Waals surface area contributed by atoms with Crippen molar-refractivity contribution in [3.8, 4) is 0 Å². The highest BCUT2D eigenvalue weighted by Crippen LogP contribution is 2.26. The van der Waals surface area contributed by atoms with Crippen molar-refractivity contribution < 1.29 is 17.9 Å². The first-order chi connectivity index (χ1) is 15.0. The molecule has 1 aliphatic rings. The number of nitrogens with zero attached hydrogens (tertiary/aromatic N) is 3. The molecule has 1 aliphatic heterocycles. The van der Waals surface area contributed by atoms with Crippen LogP contribution in [0, 0.1) is 0 Å². The number of carbonyl (C=O) groups is 1. The van der Waals surface area contributed by atoms with Crippen LogP contribution in [0.1, 0.15) is 30.1 Å². The Balaban J connectivity index is 1.58. The summed E-state index contributed by atoms with van der Waals surface area (Å²) >= 11 is 0. The van der Waals surface area contributed by atoms with Gasteiger partial charge in [0.05, 0.1) is 22.5 Å². The average Bonchev–Trinajstić information content (AvgIpc) is 3.30. The second-order valence-corrected chi connectivity index (χ2v) is 9.39. The molecule has 31 heavy (non-hydrogen) atoms. The van der Waals surface area contributed by atoms with Gasteiger partial charge in [-0.2, -0.15) is 0 Å². The number of aromatic nitrogens is 2. The molecular weight excluding hydrogens is 416 g/mol. The molecule has 4 rings (SSSR count). The Morgan fingerprint density at radius 2 is 2.03 bits per heavy atom. The van der Waals surface area contributed by atoms with Crippen molar-refractivity contribution >= 4 is 38.6 Å². The number of sulfonamides is 1. The van der Waals surface area contributed by atoms with Crippen LogP contribution in [-0.4, -0.2) is 49.4 Å². The third kappa shape index (κ3) is 4.57. The molecule has 1 amide bonds. The van der Waals surface area contributed by atoms with E-state index < -0.39 is 10.0 Å². The number of aryl methyl sites for hydroxylation is 1. The van der Waals surface area contributed by atoms with Gasteiger partial charge in [0.2, 0.25) is 16.0 Å². The van der Waals surface area contributed by atoms with Crippen LogP contribution in [0.4, 0.5) is 11.6 Å². The number of hydrogen-bond acceptors (Lipinski definition) is 5. The van der Waals surface area contributed by atoms with Crippen molar-refractivity contribution in [2.24, 2.45) is 0 Å². The van der Waals surface area contributed by atoms with Crippen LogP contribution in [0.3, 0.4) is 0 Å². The molecule has 1 saturated heterocycles. The van der Waals surface area contributed by atoms with Gasteiger partial charge in [0.1, 0.15) is 0 Å². The number of amides is 1. The molecule has 1 fully saturated rings. The second-order valence-electron chi connectivity index (χ2n) is 7.37. The lowest BCUT2D eigenvalue weighted by molar-refractivity contribution is 0.102. The zero-order valence-electron chi connectivity index (χ0n) is 17.5. The summed E-state index contributed by atoms with van der Waals surface area (Å²) in [7, 11) is -3.31. The van der Waals surface area contributed by atoms with E-state index in [0.717, 1.165) is 17.5 Å². The number of nitrogens with one attached hydrogen (secondary N) is 1. The lowest BCUT2D eigenvalue weighted by Crippen LogP contribution is -2.25. The topological polar surface area (TPSA) is 93.5 Å². The van der Waals surface area contributed by atoms with Crippen molar-refractivity contribution in [1.29, 1.82) is 0 Å². The van der Waals surface area contributed by atoms with E-state index in [1.807, 2.05) is 35.8 Å². The number of hydrogen-bond donors (Lipinski definition) is 1. The normalized spacial score (nSPS) is 15.5. The summed E-state index contributed by atoms with van der Waals surface area (Å²) in [4.78, 5) is 17.6. The Labute approximate surface area is 181 Å². The molecular formula is C22H26N4O4S. The van der Waals surface area contributed by atoms with Crippen molar-refractivity contribution in [2.45, 2.75) is 26.3 Å². The summed E-state index contributed by atoms with van der Waals surface area (Å²) in [6.07, 6.45) is 1.38. The molecule has 3 aromatic rings. The van der Waals surface area contributed by atoms with Crippen LogP contribution in [0.2, 0.25) is 0 Å². The summed E-state index contributed by atoms with van der Waals surface area (Å²) in [6.45, 7) is 4.34. The first kappa shape index (κ1) is 21.3. The maximum absolute atomic E-state index is 13.0. The molecule has 0 atom stereocenters. The van der Waals surface area contributed by atoms with E-state index >= 15 is 0 Å². The van der Waals surface area contributed by atoms with Crippen molar-refractivity contribution in [1.82, 2.24) is 9.55 Å². The largest absolute Gasteiger partial charge is 0.382 e. The zero-order valence-corrected chi connectivity index (χ0v) is 18.3. The minimum Gasteiger partial charge on any atom is -0.382 e. The van der Waals surface area contributed by atoms with Crippen molar-refractivity contribution in [3.05, 3.63) is 54.1 Å². The van der Waals surface area contributed by atoms with Gasteiger partial charge in [-0.1, -0.05) is 18.2 Å². The molecule has 1 aromatic heterocycles. The number of fused-ring (bicyclic) bond motifs is 1. The Morgan fingerprint density at radius 3 is 2.81 bits per heavy atom. The molecule has 0 radical (unpaired) electrons. The highest BCUT2D eigenvalue weighted by Gasteiger charge is 2.28. The van der Waals surface area contributed by atoms with Crippen LogP contribution in [0.15, 0.2) is 48.5 Å². The van der Waals surface area contributed by atoms with E-state index in [2.05, 4.69) is 10.3 Å². The Hall–Kier alpha value is -2.91. The number of rotatable bonds is 8. The van der Waals surface area contributed by atoms with Gasteiger partial charge >= 0.3 is 0 Å². The summed E-state index contributed by atoms with van der Waals surface area (Å²) in [5.74, 6) is 0.261. The van der Waals surface area contributed by atoms with Crippen molar-refractivity contribution in [2.75, 3.05) is 35.1 Å². The summed E-state index contributed by atoms with van der Waals surface area (Å²) < 4.78 is 33.2. The monoisotopic (exact) mass is 442 g/mol. The Morgan fingerprint density at radius 1 is 1.19 bits per heavy atom. The first-order valence-corrected chi connectivity index (χ1v) is 12.1. The highest BCUT2D eigenvalue weighted by molar-refractivity contribution is 7.93. The van der Waals surface area contributed by atoms with Crippen LogP contribution in [0.5, 0.6) is 0 Å². The number of ether oxygens (including phenoxy) is 1. The van der Waals surface area contributed by atoms with Gasteiger partial charge in [-0.05, 0) is 50.1 Å². The van der Waals surface area contributed by atoms with Gasteiger partial charge in [0.15, 0.2) is 0 Å². The minimum absolute atomic E-state index is 0.134. The lowest BCUT2D eigenvalue weighted by Gasteiger charge is -2.17. The van der Waals surface area contributed by atoms with Gasteiger partial charge < -0.3 is 9.30 Å². The molecule has 0 spiro atoms. The fourth-order valence-corrected chi connectivity index (χ4v) is 5.33. The summed E-state index contributed by atoms with van der Waals surface area (Å²) in [5.41, 5.74) is 2.63. The molecule has 0 aliphatic carbocycles. The first-order valence-electron chi connectivity index (χ1n) is 10.4. The van der Waals surface area contributed by atoms with E-state index in [9.17, 15) is 13.2 Å². The van der Waals surface area contributed by atoms with Crippen LogP contribution >= 0.6 is 0 Å². The third-order valence-electron chi connectivity index (χ3n) is 5.25. The van der Waals surface area contributed by atoms with Gasteiger partial charge in [0, 0.05) is 31.9 Å². The van der Waals surface area contributed by atoms with Crippen molar-refractivity contribution in [3.63, 3.8) is 0 Å². The molecule has 0 saturated carbocycles. The summed E-state index contributed by atoms with van der Waals surface area (Å²) in [6, 6.07) is 14.4. The fourth-order valence-electron chi connectivity index (χ4n) is 3.77. The average molecular weight is 443 g/mol. The van der Waals surface area contributed by atoms with Crippen LogP contribution in [0.25, 0.3) is 11.0 Å². The molecule has 164 valence electrons. The second kappa shape index (κ2) is 9.07. The molecule has 0 unspecified atom stereocenters. The van der Waals surface area contributed by atoms with Crippen LogP contribution in [-0.2, 0) is 21.3 Å². The van der Waals surface area contributed by atoms with Gasteiger partial charge in [-0.15, -0.1) is 0 Å². The van der Waals surface area contributed by atoms with Gasteiger partial charge in [-0.3, -0.25) is 14.4 Å². The SMILES string of the molecule is CCOCCCn1c(NC(=O)c2cccc(N3CCCS3(=O)=O)c2)nc2ccccc21. The highest BCUT2D eigenvalue weighted by atomic mass is 32.2. The lowest BCUT2D eigenvalue weighted by atomic mass is 10.2. The number of benzene rings is 2. The quantitative estimate of drug-likeness (QED) is 0.541. The summed E-state index contributed by atoms with van der Waals surface area (Å²) in [5, 5.41) is 2.90. The van der Waals surface area contributed by atoms with Crippen LogP contribution < -0.4 is 9.62 Å². The van der Waals surface area contributed by atoms with E-state index in [-0.39, 0.29) is 11.7 Å². The predicted molar refractivity (Wildman–Crippen MR) is 121 cm³/mol. The van der Waals surface area contributed by atoms with E-state index in [0.29, 0.717) is 49.9 Å². The number of para-hydroxylation sites is 2. The maximum Gasteiger partial charge on any atom is 0.258 e. The standard InChI is InChI=1S/C22H26N4O4S/c1-2-30-14-6-12-25-20-11-4-3-10-19(20)23-22(25)24-21(27)17-8-5-9-18(16-17)26-13-7-15-31(26,28)29/h3-5,8-11,16H,2,6-7,12-15H2,1H3,(H,23,24,27). The Bertz CT molecular complexity index is 1190. The predicted octanol–water partition coefficient (Wildman–Crippen LogP) is 3.26. The molecule has 8 nitrogen and oxygen atoms in total. The maximum atomic E-state index is 13.0. The van der Waals surface area contributed by atoms with E-state index in [4.69, 9.17) is 4.74 Å². The fraction of sp³-hybridized carbons (Fsp3) is 0.364. The van der Waals surface area contributed by atoms with Gasteiger partial charge in [-0.25, -0.2) is 13.4 Å². The minimum atomic E-state index is -3.31. The van der Waals surface area contributed by atoms with E-state index in [1.54, 1.807) is 24.3 Å². The smallest absolute Gasteiger partial charge is 0.258 e. The zero-order chi connectivity index (χ0) is 21.8. The van der Waals surface area contributed by atoms with Gasteiger partial charge in [0.25, 0.3) is 5.91 Å². The number of carbonyl (C=O) groups excluding carboxylic acids is 1. The molecule has 2 heterocycles. The molecule has 1 N–H and O–H groups in total. The molecule has 2 aromatic carbocycles. The third-order valence-corrected chi connectivity index (χ3v) is 7.12. The Kier molecular flexibility index (Phi) is 6.24.